The van der Waals surface area contributed by atoms with E-state index in [1.54, 1.807) is 45.2 Å². The molecule has 0 aliphatic carbocycles. The number of nitrogens with zero attached hydrogens (tertiary/aromatic N) is 1. The van der Waals surface area contributed by atoms with E-state index in [9.17, 15) is 14.7 Å². The molecular weight excluding hydrogens is 298 g/mol. The maximum Gasteiger partial charge on any atom is 0.336 e. The second kappa shape index (κ2) is 6.64. The van der Waals surface area contributed by atoms with E-state index >= 15 is 0 Å². The van der Waals surface area contributed by atoms with E-state index in [1.165, 1.54) is 7.11 Å². The molecule has 0 spiro atoms. The average molecular weight is 317 g/mol. The van der Waals surface area contributed by atoms with Crippen LogP contribution in [0.25, 0.3) is 0 Å². The predicted octanol–water partition coefficient (Wildman–Crippen LogP) is 2.40. The van der Waals surface area contributed by atoms with Crippen molar-refractivity contribution in [1.82, 2.24) is 0 Å². The van der Waals surface area contributed by atoms with Gasteiger partial charge in [-0.05, 0) is 31.5 Å². The first-order valence-electron chi connectivity index (χ1n) is 7.11. The van der Waals surface area contributed by atoms with Crippen molar-refractivity contribution in [3.8, 4) is 5.75 Å². The number of esters is 1. The number of hydrogen-bond donors (Lipinski definition) is 1. The number of aliphatic imine (C=N–C) groups is 1. The highest BCUT2D eigenvalue weighted by molar-refractivity contribution is 6.06. The van der Waals surface area contributed by atoms with Crippen LogP contribution in [0.15, 0.2) is 40.5 Å². The number of hydrogen-bond acceptors (Lipinski definition) is 5. The Labute approximate surface area is 134 Å². The highest BCUT2D eigenvalue weighted by Crippen LogP contribution is 2.39. The lowest BCUT2D eigenvalue weighted by Gasteiger charge is -2.30. The van der Waals surface area contributed by atoms with Crippen molar-refractivity contribution in [2.45, 2.75) is 19.8 Å². The first-order chi connectivity index (χ1) is 10.9. The van der Waals surface area contributed by atoms with Gasteiger partial charge in [0, 0.05) is 17.3 Å². The second-order valence-corrected chi connectivity index (χ2v) is 5.31. The van der Waals surface area contributed by atoms with Crippen LogP contribution in [0.3, 0.4) is 0 Å². The van der Waals surface area contributed by atoms with Crippen LogP contribution in [0.4, 0.5) is 0 Å². The standard InChI is InChI=1S/C17H19NO5/c1-9-13(16(19)20)15(11-5-7-12(22-3)8-6-11)14(10(2)18-9)17(21)23-4/h5-8,13,15H,1-4H3,(H,19,20). The van der Waals surface area contributed by atoms with E-state index in [-0.39, 0.29) is 5.57 Å². The number of carbonyl (C=O) groups excluding carboxylic acids is 1. The predicted molar refractivity (Wildman–Crippen MR) is 84.7 cm³/mol. The lowest BCUT2D eigenvalue weighted by molar-refractivity contribution is -0.140. The molecule has 0 fully saturated rings. The molecular formula is C17H19NO5. The van der Waals surface area contributed by atoms with E-state index in [4.69, 9.17) is 9.47 Å². The minimum Gasteiger partial charge on any atom is -0.497 e. The van der Waals surface area contributed by atoms with Gasteiger partial charge in [0.15, 0.2) is 0 Å². The number of carbonyl (C=O) groups is 2. The molecule has 0 bridgehead atoms. The van der Waals surface area contributed by atoms with Gasteiger partial charge in [-0.2, -0.15) is 0 Å². The molecule has 0 radical (unpaired) electrons. The van der Waals surface area contributed by atoms with Crippen LogP contribution < -0.4 is 4.74 Å². The summed E-state index contributed by atoms with van der Waals surface area (Å²) < 4.78 is 9.96. The van der Waals surface area contributed by atoms with Gasteiger partial charge in [0.2, 0.25) is 0 Å². The van der Waals surface area contributed by atoms with Gasteiger partial charge in [0.1, 0.15) is 11.7 Å². The molecule has 0 saturated carbocycles. The Bertz CT molecular complexity index is 687. The fourth-order valence-electron chi connectivity index (χ4n) is 2.90. The van der Waals surface area contributed by atoms with Crippen molar-refractivity contribution in [2.24, 2.45) is 10.9 Å². The van der Waals surface area contributed by atoms with E-state index < -0.39 is 23.8 Å². The Balaban J connectivity index is 2.61. The van der Waals surface area contributed by atoms with Gasteiger partial charge in [-0.3, -0.25) is 9.79 Å². The van der Waals surface area contributed by atoms with E-state index in [2.05, 4.69) is 4.99 Å². The zero-order valence-corrected chi connectivity index (χ0v) is 13.5. The van der Waals surface area contributed by atoms with Crippen LogP contribution in [0.1, 0.15) is 25.3 Å². The molecule has 1 aromatic carbocycles. The van der Waals surface area contributed by atoms with Gasteiger partial charge in [-0.25, -0.2) is 4.79 Å². The number of carboxylic acid groups (broad SMARTS) is 1. The summed E-state index contributed by atoms with van der Waals surface area (Å²) in [5.74, 6) is -2.50. The third-order valence-electron chi connectivity index (χ3n) is 3.97. The average Bonchev–Trinajstić information content (AvgIpc) is 2.53. The van der Waals surface area contributed by atoms with Crippen LogP contribution in [0, 0.1) is 5.92 Å². The largest absolute Gasteiger partial charge is 0.497 e. The molecule has 1 aromatic rings. The quantitative estimate of drug-likeness (QED) is 0.862. The summed E-state index contributed by atoms with van der Waals surface area (Å²) in [5, 5.41) is 9.62. The number of ether oxygens (including phenoxy) is 2. The van der Waals surface area contributed by atoms with Crippen molar-refractivity contribution >= 4 is 17.7 Å². The first-order valence-corrected chi connectivity index (χ1v) is 7.11. The normalized spacial score (nSPS) is 20.8. The summed E-state index contributed by atoms with van der Waals surface area (Å²) in [6.07, 6.45) is 0. The molecule has 2 rings (SSSR count). The van der Waals surface area contributed by atoms with E-state index in [0.29, 0.717) is 22.7 Å². The molecule has 1 heterocycles. The Morgan fingerprint density at radius 1 is 1.13 bits per heavy atom. The fraction of sp³-hybridized carbons (Fsp3) is 0.353. The molecule has 6 heteroatoms. The summed E-state index contributed by atoms with van der Waals surface area (Å²) in [6.45, 7) is 3.34. The second-order valence-electron chi connectivity index (χ2n) is 5.31. The Hall–Kier alpha value is -2.63. The summed E-state index contributed by atoms with van der Waals surface area (Å²) >= 11 is 0. The van der Waals surface area contributed by atoms with Crippen LogP contribution in [-0.2, 0) is 14.3 Å². The van der Waals surface area contributed by atoms with Crippen LogP contribution in [0.2, 0.25) is 0 Å². The minimum absolute atomic E-state index is 0.274. The molecule has 6 nitrogen and oxygen atoms in total. The molecule has 2 atom stereocenters. The van der Waals surface area contributed by atoms with Gasteiger partial charge in [0.25, 0.3) is 0 Å². The third kappa shape index (κ3) is 3.11. The fourth-order valence-corrected chi connectivity index (χ4v) is 2.90. The molecule has 2 unspecified atom stereocenters. The van der Waals surface area contributed by atoms with Crippen molar-refractivity contribution < 1.29 is 24.2 Å². The Morgan fingerprint density at radius 2 is 1.74 bits per heavy atom. The molecule has 1 aliphatic heterocycles. The van der Waals surface area contributed by atoms with Gasteiger partial charge in [-0.1, -0.05) is 12.1 Å². The van der Waals surface area contributed by atoms with Crippen molar-refractivity contribution in [3.63, 3.8) is 0 Å². The Kier molecular flexibility index (Phi) is 4.83. The van der Waals surface area contributed by atoms with Crippen molar-refractivity contribution in [2.75, 3.05) is 14.2 Å². The van der Waals surface area contributed by atoms with E-state index in [0.717, 1.165) is 0 Å². The van der Waals surface area contributed by atoms with Gasteiger partial charge >= 0.3 is 11.9 Å². The molecule has 0 aromatic heterocycles. The number of aliphatic carboxylic acids is 1. The molecule has 0 amide bonds. The molecule has 1 aliphatic rings. The topological polar surface area (TPSA) is 85.2 Å². The smallest absolute Gasteiger partial charge is 0.336 e. The number of carboxylic acids is 1. The summed E-state index contributed by atoms with van der Waals surface area (Å²) in [7, 11) is 2.82. The van der Waals surface area contributed by atoms with Crippen LogP contribution >= 0.6 is 0 Å². The third-order valence-corrected chi connectivity index (χ3v) is 3.97. The summed E-state index contributed by atoms with van der Waals surface area (Å²) in [5.41, 5.74) is 1.92. The zero-order chi connectivity index (χ0) is 17.1. The minimum atomic E-state index is -1.03. The molecule has 1 N–H and O–H groups in total. The SMILES string of the molecule is COC(=O)C1=C(C)N=C(C)C(C(=O)O)C1c1ccc(OC)cc1. The van der Waals surface area contributed by atoms with Crippen LogP contribution in [0.5, 0.6) is 5.75 Å². The number of benzene rings is 1. The lowest BCUT2D eigenvalue weighted by atomic mass is 9.75. The highest BCUT2D eigenvalue weighted by Gasteiger charge is 2.41. The van der Waals surface area contributed by atoms with Gasteiger partial charge in [0.05, 0.1) is 19.8 Å². The summed E-state index contributed by atoms with van der Waals surface area (Å²) in [6, 6.07) is 6.99. The molecule has 23 heavy (non-hydrogen) atoms. The van der Waals surface area contributed by atoms with Crippen molar-refractivity contribution in [1.29, 1.82) is 0 Å². The zero-order valence-electron chi connectivity index (χ0n) is 13.5. The maximum absolute atomic E-state index is 12.2. The number of allylic oxidation sites excluding steroid dienone is 1. The van der Waals surface area contributed by atoms with Gasteiger partial charge in [-0.15, -0.1) is 0 Å². The number of rotatable bonds is 4. The molecule has 0 saturated heterocycles. The lowest BCUT2D eigenvalue weighted by Crippen LogP contribution is -2.35. The maximum atomic E-state index is 12.2. The monoisotopic (exact) mass is 317 g/mol. The van der Waals surface area contributed by atoms with Crippen LogP contribution in [-0.4, -0.2) is 37.0 Å². The summed E-state index contributed by atoms with van der Waals surface area (Å²) in [4.78, 5) is 28.2. The highest BCUT2D eigenvalue weighted by atomic mass is 16.5. The molecule has 122 valence electrons. The van der Waals surface area contributed by atoms with E-state index in [1.807, 2.05) is 0 Å². The van der Waals surface area contributed by atoms with Gasteiger partial charge < -0.3 is 14.6 Å². The first kappa shape index (κ1) is 16.7. The Morgan fingerprint density at radius 3 is 2.22 bits per heavy atom. The number of methoxy groups -OCH3 is 2. The van der Waals surface area contributed by atoms with Crippen molar-refractivity contribution in [3.05, 3.63) is 41.1 Å².